The molecule has 1 saturated carbocycles. The van der Waals surface area contributed by atoms with Crippen molar-refractivity contribution in [3.05, 3.63) is 59.9 Å². The van der Waals surface area contributed by atoms with Crippen LogP contribution in [0.3, 0.4) is 0 Å². The van der Waals surface area contributed by atoms with E-state index in [1.807, 2.05) is 0 Å². The van der Waals surface area contributed by atoms with E-state index in [0.29, 0.717) is 5.69 Å². The van der Waals surface area contributed by atoms with Crippen LogP contribution in [-0.4, -0.2) is 11.8 Å². The summed E-state index contributed by atoms with van der Waals surface area (Å²) in [4.78, 5) is 24.2. The highest BCUT2D eigenvalue weighted by Crippen LogP contribution is 2.41. The number of nitrogens with one attached hydrogen (secondary N) is 2. The van der Waals surface area contributed by atoms with Crippen LogP contribution in [-0.2, 0) is 15.8 Å². The third kappa shape index (κ3) is 4.01. The van der Waals surface area contributed by atoms with Gasteiger partial charge in [-0.05, 0) is 42.8 Å². The largest absolute Gasteiger partial charge is 0.418 e. The van der Waals surface area contributed by atoms with Crippen molar-refractivity contribution in [3.63, 3.8) is 0 Å². The van der Waals surface area contributed by atoms with Gasteiger partial charge in [-0.25, -0.2) is 4.39 Å². The summed E-state index contributed by atoms with van der Waals surface area (Å²) in [6.45, 7) is 0. The average Bonchev–Trinajstić information content (AvgIpc) is 3.37. The normalized spacial score (nSPS) is 18.9. The number of amides is 2. The Morgan fingerprint density at radius 3 is 2.08 bits per heavy atom. The molecule has 0 aliphatic heterocycles. The standard InChI is InChI=1S/C18H14F4N2O2/c19-10-5-7-11(8-6-10)23-16(25)12-9-13(12)17(26)24-15-4-2-1-3-14(15)18(20,21)22/h1-8,12-13H,9H2,(H,23,25)(H,24,26). The van der Waals surface area contributed by atoms with Gasteiger partial charge >= 0.3 is 6.18 Å². The Bertz CT molecular complexity index is 834. The van der Waals surface area contributed by atoms with Crippen molar-refractivity contribution in [2.45, 2.75) is 12.6 Å². The Morgan fingerprint density at radius 1 is 0.885 bits per heavy atom. The summed E-state index contributed by atoms with van der Waals surface area (Å²) in [5, 5.41) is 4.80. The van der Waals surface area contributed by atoms with Crippen molar-refractivity contribution in [2.75, 3.05) is 10.6 Å². The number of rotatable bonds is 4. The number of hydrogen-bond acceptors (Lipinski definition) is 2. The molecular weight excluding hydrogens is 352 g/mol. The Labute approximate surface area is 146 Å². The predicted molar refractivity (Wildman–Crippen MR) is 86.7 cm³/mol. The second-order valence-corrected chi connectivity index (χ2v) is 5.98. The van der Waals surface area contributed by atoms with E-state index in [0.717, 1.165) is 12.1 Å². The first-order valence-electron chi connectivity index (χ1n) is 7.79. The SMILES string of the molecule is O=C(Nc1ccc(F)cc1)C1CC1C(=O)Nc1ccccc1C(F)(F)F. The minimum absolute atomic E-state index is 0.243. The van der Waals surface area contributed by atoms with Gasteiger partial charge in [0.25, 0.3) is 0 Å². The molecule has 2 atom stereocenters. The molecular formula is C18H14F4N2O2. The Morgan fingerprint density at radius 2 is 1.46 bits per heavy atom. The summed E-state index contributed by atoms with van der Waals surface area (Å²) < 4.78 is 51.7. The van der Waals surface area contributed by atoms with Gasteiger partial charge in [0.15, 0.2) is 0 Å². The summed E-state index contributed by atoms with van der Waals surface area (Å²) in [5.41, 5.74) is -0.902. The second-order valence-electron chi connectivity index (χ2n) is 5.98. The Kier molecular flexibility index (Phi) is 4.67. The van der Waals surface area contributed by atoms with Gasteiger partial charge < -0.3 is 10.6 Å². The summed E-state index contributed by atoms with van der Waals surface area (Å²) in [5.74, 6) is -2.84. The topological polar surface area (TPSA) is 58.2 Å². The lowest BCUT2D eigenvalue weighted by Gasteiger charge is -2.13. The maximum atomic E-state index is 12.9. The summed E-state index contributed by atoms with van der Waals surface area (Å²) in [6, 6.07) is 9.78. The van der Waals surface area contributed by atoms with Gasteiger partial charge in [-0.3, -0.25) is 9.59 Å². The first-order valence-corrected chi connectivity index (χ1v) is 7.79. The van der Waals surface area contributed by atoms with Crippen LogP contribution in [0.4, 0.5) is 28.9 Å². The number of anilines is 2. The summed E-state index contributed by atoms with van der Waals surface area (Å²) in [6.07, 6.45) is -4.35. The molecule has 2 aromatic carbocycles. The number of carbonyl (C=O) groups is 2. The zero-order valence-corrected chi connectivity index (χ0v) is 13.3. The van der Waals surface area contributed by atoms with E-state index in [-0.39, 0.29) is 12.1 Å². The second kappa shape index (κ2) is 6.78. The molecule has 0 spiro atoms. The Hall–Kier alpha value is -2.90. The third-order valence-electron chi connectivity index (χ3n) is 4.07. The van der Waals surface area contributed by atoms with Crippen molar-refractivity contribution in [1.29, 1.82) is 0 Å². The molecule has 1 aliphatic carbocycles. The fourth-order valence-electron chi connectivity index (χ4n) is 2.61. The molecule has 0 aromatic heterocycles. The molecule has 1 fully saturated rings. The monoisotopic (exact) mass is 366 g/mol. The number of halogens is 4. The zero-order chi connectivity index (χ0) is 18.9. The van der Waals surface area contributed by atoms with Gasteiger partial charge in [-0.1, -0.05) is 12.1 Å². The molecule has 2 amide bonds. The number of hydrogen-bond donors (Lipinski definition) is 2. The molecule has 8 heteroatoms. The fourth-order valence-corrected chi connectivity index (χ4v) is 2.61. The van der Waals surface area contributed by atoms with Crippen LogP contribution in [0.5, 0.6) is 0 Å². The molecule has 26 heavy (non-hydrogen) atoms. The van der Waals surface area contributed by atoms with Crippen molar-refractivity contribution in [1.82, 2.24) is 0 Å². The molecule has 0 bridgehead atoms. The maximum absolute atomic E-state index is 12.9. The molecule has 136 valence electrons. The average molecular weight is 366 g/mol. The van der Waals surface area contributed by atoms with Crippen molar-refractivity contribution < 1.29 is 27.2 Å². The molecule has 1 aliphatic rings. The van der Waals surface area contributed by atoms with E-state index in [4.69, 9.17) is 0 Å². The minimum atomic E-state index is -4.59. The first kappa shape index (κ1) is 17.9. The van der Waals surface area contributed by atoms with Gasteiger partial charge in [-0.15, -0.1) is 0 Å². The molecule has 0 heterocycles. The molecule has 4 nitrogen and oxygen atoms in total. The lowest BCUT2D eigenvalue weighted by Crippen LogP contribution is -2.22. The molecule has 3 rings (SSSR count). The smallest absolute Gasteiger partial charge is 0.326 e. The quantitative estimate of drug-likeness (QED) is 0.802. The Balaban J connectivity index is 1.61. The van der Waals surface area contributed by atoms with E-state index < -0.39 is 41.2 Å². The minimum Gasteiger partial charge on any atom is -0.326 e. The van der Waals surface area contributed by atoms with Crippen molar-refractivity contribution in [3.8, 4) is 0 Å². The number of benzene rings is 2. The van der Waals surface area contributed by atoms with Gasteiger partial charge in [0.05, 0.1) is 23.1 Å². The predicted octanol–water partition coefficient (Wildman–Crippen LogP) is 4.06. The fraction of sp³-hybridized carbons (Fsp3) is 0.222. The summed E-state index contributed by atoms with van der Waals surface area (Å²) in [7, 11) is 0. The lowest BCUT2D eigenvalue weighted by atomic mass is 10.1. The van der Waals surface area contributed by atoms with Crippen LogP contribution in [0, 0.1) is 17.7 Å². The third-order valence-corrected chi connectivity index (χ3v) is 4.07. The van der Waals surface area contributed by atoms with Crippen LogP contribution in [0.15, 0.2) is 48.5 Å². The van der Waals surface area contributed by atoms with Gasteiger partial charge in [0, 0.05) is 5.69 Å². The van der Waals surface area contributed by atoms with Gasteiger partial charge in [-0.2, -0.15) is 13.2 Å². The van der Waals surface area contributed by atoms with E-state index in [2.05, 4.69) is 10.6 Å². The number of carbonyl (C=O) groups excluding carboxylic acids is 2. The molecule has 0 radical (unpaired) electrons. The number of para-hydroxylation sites is 1. The summed E-state index contributed by atoms with van der Waals surface area (Å²) >= 11 is 0. The maximum Gasteiger partial charge on any atom is 0.418 e. The number of alkyl halides is 3. The van der Waals surface area contributed by atoms with Crippen molar-refractivity contribution >= 4 is 23.2 Å². The molecule has 2 unspecified atom stereocenters. The van der Waals surface area contributed by atoms with E-state index in [1.54, 1.807) is 0 Å². The highest BCUT2D eigenvalue weighted by molar-refractivity contribution is 6.03. The van der Waals surface area contributed by atoms with Crippen LogP contribution in [0.1, 0.15) is 12.0 Å². The van der Waals surface area contributed by atoms with Crippen molar-refractivity contribution in [2.24, 2.45) is 11.8 Å². The van der Waals surface area contributed by atoms with Gasteiger partial charge in [0.2, 0.25) is 11.8 Å². The molecule has 2 aromatic rings. The van der Waals surface area contributed by atoms with E-state index in [1.165, 1.54) is 36.4 Å². The van der Waals surface area contributed by atoms with E-state index in [9.17, 15) is 27.2 Å². The van der Waals surface area contributed by atoms with Crippen LogP contribution >= 0.6 is 0 Å². The van der Waals surface area contributed by atoms with Crippen LogP contribution < -0.4 is 10.6 Å². The lowest BCUT2D eigenvalue weighted by molar-refractivity contribution is -0.137. The molecule has 2 N–H and O–H groups in total. The highest BCUT2D eigenvalue weighted by atomic mass is 19.4. The van der Waals surface area contributed by atoms with E-state index >= 15 is 0 Å². The van der Waals surface area contributed by atoms with Gasteiger partial charge in [0.1, 0.15) is 5.82 Å². The zero-order valence-electron chi connectivity index (χ0n) is 13.3. The van der Waals surface area contributed by atoms with Crippen LogP contribution in [0.2, 0.25) is 0 Å². The van der Waals surface area contributed by atoms with Crippen LogP contribution in [0.25, 0.3) is 0 Å². The first-order chi connectivity index (χ1) is 12.3. The molecule has 0 saturated heterocycles. The highest BCUT2D eigenvalue weighted by Gasteiger charge is 2.48.